The van der Waals surface area contributed by atoms with Gasteiger partial charge in [0.15, 0.2) is 0 Å². The van der Waals surface area contributed by atoms with Gasteiger partial charge in [-0.15, -0.1) is 0 Å². The molecule has 3 rings (SSSR count). The molecule has 1 fully saturated rings. The molecule has 0 aliphatic carbocycles. The predicted molar refractivity (Wildman–Crippen MR) is 102 cm³/mol. The van der Waals surface area contributed by atoms with Gasteiger partial charge in [-0.1, -0.05) is 17.2 Å². The van der Waals surface area contributed by atoms with E-state index in [0.717, 1.165) is 5.75 Å². The van der Waals surface area contributed by atoms with Crippen molar-refractivity contribution in [2.24, 2.45) is 0 Å². The van der Waals surface area contributed by atoms with Crippen molar-refractivity contribution >= 4 is 35.6 Å². The predicted octanol–water partition coefficient (Wildman–Crippen LogP) is 2.48. The molecule has 0 aromatic heterocycles. The summed E-state index contributed by atoms with van der Waals surface area (Å²) in [5, 5.41) is 0.487. The van der Waals surface area contributed by atoms with Crippen LogP contribution in [0.2, 0.25) is 0 Å². The third-order valence-corrected chi connectivity index (χ3v) is 5.30. The van der Waals surface area contributed by atoms with Gasteiger partial charge >= 0.3 is 12.1 Å². The number of fused-ring (bicyclic) bond motifs is 1. The van der Waals surface area contributed by atoms with E-state index in [9.17, 15) is 19.2 Å². The summed E-state index contributed by atoms with van der Waals surface area (Å²) >= 11 is 1.61. The average Bonchev–Trinajstić information content (AvgIpc) is 2.86. The molecule has 1 aromatic carbocycles. The van der Waals surface area contributed by atoms with Crippen LogP contribution in [0.25, 0.3) is 0 Å². The summed E-state index contributed by atoms with van der Waals surface area (Å²) in [4.78, 5) is 56.0. The standard InChI is InChI=1S/C19H22N2O6S/c1-19(2,3)26-18(25)20-8-9-28-11-12(20)10-15(22)27-21-16(23)13-6-4-5-7-14(13)17(21)24/h4-7,12H,8-11H2,1-3H3. The largest absolute Gasteiger partial charge is 0.444 e. The molecule has 0 saturated carbocycles. The van der Waals surface area contributed by atoms with Gasteiger partial charge in [0.25, 0.3) is 11.8 Å². The first kappa shape index (κ1) is 20.2. The van der Waals surface area contributed by atoms with Gasteiger partial charge in [0.05, 0.1) is 23.6 Å². The second-order valence-electron chi connectivity index (χ2n) is 7.52. The Balaban J connectivity index is 1.64. The molecule has 150 valence electrons. The quantitative estimate of drug-likeness (QED) is 0.712. The molecule has 3 amide bonds. The zero-order valence-electron chi connectivity index (χ0n) is 16.0. The first-order valence-corrected chi connectivity index (χ1v) is 10.1. The fraction of sp³-hybridized carbons (Fsp3) is 0.474. The Hall–Kier alpha value is -2.55. The van der Waals surface area contributed by atoms with Gasteiger partial charge in [0, 0.05) is 18.1 Å². The van der Waals surface area contributed by atoms with E-state index in [-0.39, 0.29) is 17.5 Å². The van der Waals surface area contributed by atoms with Crippen molar-refractivity contribution < 1.29 is 28.8 Å². The molecule has 0 spiro atoms. The average molecular weight is 406 g/mol. The van der Waals surface area contributed by atoms with E-state index in [1.807, 2.05) is 0 Å². The summed E-state index contributed by atoms with van der Waals surface area (Å²) in [5.74, 6) is -0.817. The van der Waals surface area contributed by atoms with E-state index >= 15 is 0 Å². The Morgan fingerprint density at radius 1 is 1.14 bits per heavy atom. The van der Waals surface area contributed by atoms with E-state index in [1.54, 1.807) is 44.7 Å². The summed E-state index contributed by atoms with van der Waals surface area (Å²) in [5.41, 5.74) is -0.250. The molecule has 2 aliphatic heterocycles. The molecule has 1 atom stereocenters. The van der Waals surface area contributed by atoms with Crippen molar-refractivity contribution in [2.45, 2.75) is 38.8 Å². The smallest absolute Gasteiger partial charge is 0.410 e. The molecule has 8 nitrogen and oxygen atoms in total. The molecule has 0 N–H and O–H groups in total. The van der Waals surface area contributed by atoms with Crippen LogP contribution in [-0.4, -0.2) is 63.5 Å². The van der Waals surface area contributed by atoms with Gasteiger partial charge in [-0.25, -0.2) is 9.59 Å². The number of carbonyl (C=O) groups excluding carboxylic acids is 4. The van der Waals surface area contributed by atoms with Crippen molar-refractivity contribution in [3.8, 4) is 0 Å². The summed E-state index contributed by atoms with van der Waals surface area (Å²) in [6, 6.07) is 5.84. The Kier molecular flexibility index (Phi) is 5.64. The second kappa shape index (κ2) is 7.83. The maximum Gasteiger partial charge on any atom is 0.410 e. The minimum atomic E-state index is -0.754. The van der Waals surface area contributed by atoms with Crippen LogP contribution >= 0.6 is 11.8 Å². The fourth-order valence-electron chi connectivity index (χ4n) is 2.97. The molecule has 2 aliphatic rings. The third-order valence-electron chi connectivity index (χ3n) is 4.21. The van der Waals surface area contributed by atoms with E-state index in [2.05, 4.69) is 0 Å². The molecule has 1 saturated heterocycles. The van der Waals surface area contributed by atoms with E-state index in [1.165, 1.54) is 17.0 Å². The topological polar surface area (TPSA) is 93.2 Å². The van der Waals surface area contributed by atoms with Crippen LogP contribution < -0.4 is 0 Å². The number of hydrogen-bond donors (Lipinski definition) is 0. The van der Waals surface area contributed by atoms with Gasteiger partial charge < -0.3 is 14.5 Å². The molecule has 28 heavy (non-hydrogen) atoms. The Bertz CT molecular complexity index is 784. The summed E-state index contributed by atoms with van der Waals surface area (Å²) in [6.45, 7) is 5.77. The maximum absolute atomic E-state index is 12.4. The highest BCUT2D eigenvalue weighted by Gasteiger charge is 2.40. The highest BCUT2D eigenvalue weighted by atomic mass is 32.2. The molecule has 0 radical (unpaired) electrons. The third kappa shape index (κ3) is 4.30. The lowest BCUT2D eigenvalue weighted by atomic mass is 10.1. The molecule has 9 heteroatoms. The molecular formula is C19H22N2O6S. The van der Waals surface area contributed by atoms with Crippen LogP contribution in [0.3, 0.4) is 0 Å². The minimum Gasteiger partial charge on any atom is -0.444 e. The number of hydrogen-bond acceptors (Lipinski definition) is 7. The van der Waals surface area contributed by atoms with E-state index in [0.29, 0.717) is 17.4 Å². The Labute approximate surface area is 167 Å². The highest BCUT2D eigenvalue weighted by Crippen LogP contribution is 2.25. The number of carbonyl (C=O) groups is 4. The van der Waals surface area contributed by atoms with Gasteiger partial charge in [-0.05, 0) is 32.9 Å². The lowest BCUT2D eigenvalue weighted by Gasteiger charge is -2.36. The van der Waals surface area contributed by atoms with Crippen LogP contribution in [0.4, 0.5) is 4.79 Å². The van der Waals surface area contributed by atoms with Crippen LogP contribution in [0.1, 0.15) is 47.9 Å². The lowest BCUT2D eigenvalue weighted by molar-refractivity contribution is -0.169. The number of hydroxylamine groups is 2. The van der Waals surface area contributed by atoms with Crippen LogP contribution in [-0.2, 0) is 14.4 Å². The van der Waals surface area contributed by atoms with Crippen molar-refractivity contribution in [2.75, 3.05) is 18.1 Å². The van der Waals surface area contributed by atoms with Crippen molar-refractivity contribution in [3.63, 3.8) is 0 Å². The van der Waals surface area contributed by atoms with Gasteiger partial charge in [0.2, 0.25) is 0 Å². The maximum atomic E-state index is 12.4. The number of rotatable bonds is 3. The normalized spacial score (nSPS) is 19.5. The monoisotopic (exact) mass is 406 g/mol. The Morgan fingerprint density at radius 2 is 1.75 bits per heavy atom. The van der Waals surface area contributed by atoms with Gasteiger partial charge in [-0.3, -0.25) is 9.59 Å². The number of thioether (sulfide) groups is 1. The van der Waals surface area contributed by atoms with Crippen LogP contribution in [0, 0.1) is 0 Å². The van der Waals surface area contributed by atoms with Crippen LogP contribution in [0.5, 0.6) is 0 Å². The first-order valence-electron chi connectivity index (χ1n) is 8.93. The summed E-state index contributed by atoms with van der Waals surface area (Å²) < 4.78 is 5.41. The second-order valence-corrected chi connectivity index (χ2v) is 8.67. The molecule has 1 aromatic rings. The molecule has 0 bridgehead atoms. The van der Waals surface area contributed by atoms with Crippen molar-refractivity contribution in [3.05, 3.63) is 35.4 Å². The summed E-state index contributed by atoms with van der Waals surface area (Å²) in [6.07, 6.45) is -0.633. The van der Waals surface area contributed by atoms with Crippen molar-refractivity contribution in [1.82, 2.24) is 9.96 Å². The Morgan fingerprint density at radius 3 is 2.32 bits per heavy atom. The molecule has 1 unspecified atom stereocenters. The fourth-order valence-corrected chi connectivity index (χ4v) is 4.03. The lowest BCUT2D eigenvalue weighted by Crippen LogP contribution is -2.49. The zero-order valence-corrected chi connectivity index (χ0v) is 16.8. The van der Waals surface area contributed by atoms with Crippen LogP contribution in [0.15, 0.2) is 24.3 Å². The number of imide groups is 1. The summed E-state index contributed by atoms with van der Waals surface area (Å²) in [7, 11) is 0. The number of nitrogens with zero attached hydrogens (tertiary/aromatic N) is 2. The SMILES string of the molecule is CC(C)(C)OC(=O)N1CCSCC1CC(=O)ON1C(=O)c2ccccc2C1=O. The molecule has 2 heterocycles. The first-order chi connectivity index (χ1) is 13.2. The molecular weight excluding hydrogens is 384 g/mol. The van der Waals surface area contributed by atoms with E-state index in [4.69, 9.17) is 9.57 Å². The van der Waals surface area contributed by atoms with E-state index < -0.39 is 35.5 Å². The minimum absolute atomic E-state index is 0.139. The number of ether oxygens (including phenoxy) is 1. The zero-order chi connectivity index (χ0) is 20.5. The van der Waals surface area contributed by atoms with Gasteiger partial charge in [0.1, 0.15) is 5.60 Å². The number of amides is 3. The van der Waals surface area contributed by atoms with Crippen molar-refractivity contribution in [1.29, 1.82) is 0 Å². The highest BCUT2D eigenvalue weighted by molar-refractivity contribution is 7.99. The number of benzene rings is 1. The van der Waals surface area contributed by atoms with Gasteiger partial charge in [-0.2, -0.15) is 11.8 Å².